The van der Waals surface area contributed by atoms with Crippen LogP contribution in [0.2, 0.25) is 0 Å². The quantitative estimate of drug-likeness (QED) is 0.650. The third-order valence-corrected chi connectivity index (χ3v) is 2.57. The first-order chi connectivity index (χ1) is 7.29. The molecule has 0 saturated heterocycles. The average molecular weight is 225 g/mol. The number of nitrogens with zero attached hydrogens (tertiary/aromatic N) is 1. The fourth-order valence-electron chi connectivity index (χ4n) is 1.64. The minimum absolute atomic E-state index is 0.0848. The summed E-state index contributed by atoms with van der Waals surface area (Å²) >= 11 is 0. The molecule has 4 heteroatoms. The summed E-state index contributed by atoms with van der Waals surface area (Å²) in [5, 5.41) is 8.72. The van der Waals surface area contributed by atoms with Crippen LogP contribution in [0.3, 0.4) is 0 Å². The lowest BCUT2D eigenvalue weighted by molar-refractivity contribution is -0.159. The Balaban J connectivity index is 4.55. The van der Waals surface area contributed by atoms with Gasteiger partial charge in [0.1, 0.15) is 11.4 Å². The smallest absolute Gasteiger partial charge is 0.303 e. The van der Waals surface area contributed by atoms with E-state index in [2.05, 4.69) is 6.07 Å². The molecule has 1 atom stereocenters. The van der Waals surface area contributed by atoms with Crippen molar-refractivity contribution in [1.29, 1.82) is 5.26 Å². The lowest BCUT2D eigenvalue weighted by Gasteiger charge is -2.32. The van der Waals surface area contributed by atoms with Crippen LogP contribution >= 0.6 is 0 Å². The minimum atomic E-state index is -0.697. The molecular formula is C12H19NO3. The highest BCUT2D eigenvalue weighted by Gasteiger charge is 2.32. The topological polar surface area (TPSA) is 67.2 Å². The maximum atomic E-state index is 10.9. The molecule has 90 valence electrons. The standard InChI is InChI=1S/C12H19NO3/c1-9(14)5-6-11(7-8-13)12(3,4)16-10(2)15/h11H,5-7H2,1-4H3/t11-/m0/s1. The van der Waals surface area contributed by atoms with Crippen molar-refractivity contribution in [2.75, 3.05) is 0 Å². The minimum Gasteiger partial charge on any atom is -0.460 e. The Morgan fingerprint density at radius 1 is 1.38 bits per heavy atom. The van der Waals surface area contributed by atoms with Crippen LogP contribution in [0.15, 0.2) is 0 Å². The van der Waals surface area contributed by atoms with Crippen molar-refractivity contribution >= 4 is 11.8 Å². The Bertz CT molecular complexity index is 302. The Hall–Kier alpha value is -1.37. The van der Waals surface area contributed by atoms with E-state index in [1.54, 1.807) is 13.8 Å². The van der Waals surface area contributed by atoms with Crippen molar-refractivity contribution in [2.45, 2.75) is 52.6 Å². The predicted octanol–water partition coefficient (Wildman–Crippen LogP) is 2.23. The number of Topliss-reactive ketones (excluding diaryl/α,β-unsaturated/α-hetero) is 1. The highest BCUT2D eigenvalue weighted by Crippen LogP contribution is 2.28. The van der Waals surface area contributed by atoms with Gasteiger partial charge in [0.15, 0.2) is 0 Å². The molecule has 0 aliphatic heterocycles. The van der Waals surface area contributed by atoms with Gasteiger partial charge < -0.3 is 9.53 Å². The van der Waals surface area contributed by atoms with Crippen molar-refractivity contribution < 1.29 is 14.3 Å². The number of ketones is 1. The van der Waals surface area contributed by atoms with Gasteiger partial charge >= 0.3 is 5.97 Å². The van der Waals surface area contributed by atoms with E-state index in [1.165, 1.54) is 13.8 Å². The fraction of sp³-hybridized carbons (Fsp3) is 0.750. The zero-order valence-electron chi connectivity index (χ0n) is 10.4. The second kappa shape index (κ2) is 6.26. The third-order valence-electron chi connectivity index (χ3n) is 2.57. The molecule has 0 amide bonds. The van der Waals surface area contributed by atoms with Crippen molar-refractivity contribution in [2.24, 2.45) is 5.92 Å². The van der Waals surface area contributed by atoms with Crippen LogP contribution in [-0.2, 0) is 14.3 Å². The molecule has 0 N–H and O–H groups in total. The first-order valence-electron chi connectivity index (χ1n) is 5.35. The molecule has 0 aliphatic rings. The molecule has 0 unspecified atom stereocenters. The summed E-state index contributed by atoms with van der Waals surface area (Å²) in [6.07, 6.45) is 1.27. The van der Waals surface area contributed by atoms with E-state index >= 15 is 0 Å². The maximum absolute atomic E-state index is 10.9. The van der Waals surface area contributed by atoms with Gasteiger partial charge in [-0.3, -0.25) is 4.79 Å². The molecule has 0 aliphatic carbocycles. The highest BCUT2D eigenvalue weighted by atomic mass is 16.6. The molecule has 0 rings (SSSR count). The van der Waals surface area contributed by atoms with Gasteiger partial charge in [-0.15, -0.1) is 0 Å². The van der Waals surface area contributed by atoms with Crippen LogP contribution in [-0.4, -0.2) is 17.4 Å². The molecule has 0 aromatic rings. The van der Waals surface area contributed by atoms with Gasteiger partial charge in [0.25, 0.3) is 0 Å². The highest BCUT2D eigenvalue weighted by molar-refractivity contribution is 5.75. The second-order valence-corrected chi connectivity index (χ2v) is 4.50. The van der Waals surface area contributed by atoms with Crippen LogP contribution in [0.4, 0.5) is 0 Å². The Kier molecular flexibility index (Phi) is 5.73. The van der Waals surface area contributed by atoms with Crippen LogP contribution in [0.25, 0.3) is 0 Å². The zero-order valence-corrected chi connectivity index (χ0v) is 10.4. The van der Waals surface area contributed by atoms with Gasteiger partial charge in [0.2, 0.25) is 0 Å². The van der Waals surface area contributed by atoms with Crippen LogP contribution in [0.5, 0.6) is 0 Å². The molecule has 0 aromatic carbocycles. The predicted molar refractivity (Wildman–Crippen MR) is 59.5 cm³/mol. The van der Waals surface area contributed by atoms with Crippen molar-refractivity contribution in [3.63, 3.8) is 0 Å². The maximum Gasteiger partial charge on any atom is 0.303 e. The molecular weight excluding hydrogens is 206 g/mol. The zero-order chi connectivity index (χ0) is 12.8. The van der Waals surface area contributed by atoms with Gasteiger partial charge in [-0.05, 0) is 27.2 Å². The number of esters is 1. The monoisotopic (exact) mass is 225 g/mol. The first-order valence-corrected chi connectivity index (χ1v) is 5.35. The average Bonchev–Trinajstić information content (AvgIpc) is 2.09. The van der Waals surface area contributed by atoms with E-state index in [1.807, 2.05) is 0 Å². The van der Waals surface area contributed by atoms with Crippen LogP contribution < -0.4 is 0 Å². The van der Waals surface area contributed by atoms with Gasteiger partial charge in [0.05, 0.1) is 6.07 Å². The number of carbonyl (C=O) groups is 2. The number of rotatable bonds is 6. The summed E-state index contributed by atoms with van der Waals surface area (Å²) in [7, 11) is 0. The summed E-state index contributed by atoms with van der Waals surface area (Å²) in [4.78, 5) is 21.8. The van der Waals surface area contributed by atoms with Crippen LogP contribution in [0, 0.1) is 17.2 Å². The molecule has 0 bridgehead atoms. The second-order valence-electron chi connectivity index (χ2n) is 4.50. The molecule has 0 spiro atoms. The normalized spacial score (nSPS) is 12.7. The lowest BCUT2D eigenvalue weighted by atomic mass is 9.84. The molecule has 0 saturated carbocycles. The summed E-state index contributed by atoms with van der Waals surface area (Å²) < 4.78 is 5.18. The van der Waals surface area contributed by atoms with Crippen LogP contribution in [0.1, 0.15) is 47.0 Å². The summed E-state index contributed by atoms with van der Waals surface area (Å²) in [6.45, 7) is 6.41. The van der Waals surface area contributed by atoms with Crippen molar-refractivity contribution in [3.05, 3.63) is 0 Å². The summed E-state index contributed by atoms with van der Waals surface area (Å²) in [6, 6.07) is 2.07. The summed E-state index contributed by atoms with van der Waals surface area (Å²) in [5.74, 6) is -0.386. The van der Waals surface area contributed by atoms with E-state index < -0.39 is 5.60 Å². The third kappa shape index (κ3) is 5.50. The summed E-state index contributed by atoms with van der Waals surface area (Å²) in [5.41, 5.74) is -0.697. The Morgan fingerprint density at radius 2 is 1.94 bits per heavy atom. The number of ether oxygens (including phenoxy) is 1. The molecule has 0 fully saturated rings. The molecule has 0 aromatic heterocycles. The van der Waals surface area contributed by atoms with Gasteiger partial charge in [0, 0.05) is 25.7 Å². The lowest BCUT2D eigenvalue weighted by Crippen LogP contribution is -2.36. The van der Waals surface area contributed by atoms with Gasteiger partial charge in [-0.25, -0.2) is 0 Å². The van der Waals surface area contributed by atoms with E-state index in [0.717, 1.165) is 0 Å². The number of nitriles is 1. The molecule has 0 radical (unpaired) electrons. The Morgan fingerprint density at radius 3 is 2.31 bits per heavy atom. The fourth-order valence-corrected chi connectivity index (χ4v) is 1.64. The number of hydrogen-bond donors (Lipinski definition) is 0. The number of hydrogen-bond acceptors (Lipinski definition) is 4. The van der Waals surface area contributed by atoms with E-state index in [0.29, 0.717) is 12.8 Å². The van der Waals surface area contributed by atoms with E-state index in [4.69, 9.17) is 10.00 Å². The van der Waals surface area contributed by atoms with E-state index in [-0.39, 0.29) is 24.1 Å². The first kappa shape index (κ1) is 14.6. The molecule has 4 nitrogen and oxygen atoms in total. The van der Waals surface area contributed by atoms with E-state index in [9.17, 15) is 9.59 Å². The van der Waals surface area contributed by atoms with Crippen molar-refractivity contribution in [1.82, 2.24) is 0 Å². The largest absolute Gasteiger partial charge is 0.460 e. The molecule has 0 heterocycles. The molecule has 16 heavy (non-hydrogen) atoms. The SMILES string of the molecule is CC(=O)CC[C@@H](CC#N)C(C)(C)OC(C)=O. The van der Waals surface area contributed by atoms with Gasteiger partial charge in [-0.2, -0.15) is 5.26 Å². The number of carbonyl (C=O) groups excluding carboxylic acids is 2. The van der Waals surface area contributed by atoms with Gasteiger partial charge in [-0.1, -0.05) is 0 Å². The van der Waals surface area contributed by atoms with Crippen molar-refractivity contribution in [3.8, 4) is 6.07 Å². The Labute approximate surface area is 96.6 Å².